The molecule has 1 N–H and O–H groups in total. The molecule has 2 rings (SSSR count). The van der Waals surface area contributed by atoms with Crippen molar-refractivity contribution in [1.82, 2.24) is 4.90 Å². The van der Waals surface area contributed by atoms with Crippen molar-refractivity contribution in [2.45, 2.75) is 39.3 Å². The van der Waals surface area contributed by atoms with Crippen LogP contribution in [0.3, 0.4) is 0 Å². The van der Waals surface area contributed by atoms with Gasteiger partial charge in [0.05, 0.1) is 11.3 Å². The maximum atomic E-state index is 9.29. The number of rotatable bonds is 2. The number of benzene rings is 1. The van der Waals surface area contributed by atoms with Gasteiger partial charge < -0.3 is 10.2 Å². The first-order chi connectivity index (χ1) is 9.02. The quantitative estimate of drug-likeness (QED) is 0.885. The predicted octanol–water partition coefficient (Wildman–Crippen LogP) is 3.01. The number of hydrogen-bond donors (Lipinski definition) is 1. The fraction of sp³-hybridized carbons (Fsp3) is 0.562. The molecule has 1 fully saturated rings. The minimum absolute atomic E-state index is 0.445. The van der Waals surface area contributed by atoms with Gasteiger partial charge in [0.1, 0.15) is 6.07 Å². The van der Waals surface area contributed by atoms with Gasteiger partial charge >= 0.3 is 0 Å². The van der Waals surface area contributed by atoms with E-state index in [1.165, 1.54) is 0 Å². The molecule has 19 heavy (non-hydrogen) atoms. The van der Waals surface area contributed by atoms with E-state index in [-0.39, 0.29) is 0 Å². The highest BCUT2D eigenvalue weighted by atomic mass is 15.2. The Hall–Kier alpha value is -1.53. The summed E-state index contributed by atoms with van der Waals surface area (Å²) < 4.78 is 0. The number of nitrogens with one attached hydrogen (secondary N) is 1. The number of aryl methyl sites for hydroxylation is 1. The average Bonchev–Trinajstić information content (AvgIpc) is 2.36. The summed E-state index contributed by atoms with van der Waals surface area (Å²) in [6.07, 6.45) is 1.12. The summed E-state index contributed by atoms with van der Waals surface area (Å²) in [5, 5.41) is 12.9. The number of nitriles is 1. The second-order valence-electron chi connectivity index (χ2n) is 5.86. The lowest BCUT2D eigenvalue weighted by atomic mass is 9.89. The summed E-state index contributed by atoms with van der Waals surface area (Å²) in [7, 11) is 2.19. The lowest BCUT2D eigenvalue weighted by molar-refractivity contribution is 0.145. The number of anilines is 1. The third kappa shape index (κ3) is 2.90. The van der Waals surface area contributed by atoms with E-state index in [4.69, 9.17) is 0 Å². The molecule has 1 heterocycles. The van der Waals surface area contributed by atoms with E-state index in [0.29, 0.717) is 18.0 Å². The summed E-state index contributed by atoms with van der Waals surface area (Å²) in [6, 6.07) is 9.37. The molecule has 0 radical (unpaired) electrons. The van der Waals surface area contributed by atoms with E-state index in [1.54, 1.807) is 0 Å². The lowest BCUT2D eigenvalue weighted by Gasteiger charge is -2.40. The van der Waals surface area contributed by atoms with Crippen LogP contribution in [0.25, 0.3) is 0 Å². The first-order valence-corrected chi connectivity index (χ1v) is 6.99. The molecule has 1 saturated heterocycles. The Balaban J connectivity index is 2.18. The number of hydrogen-bond acceptors (Lipinski definition) is 3. The van der Waals surface area contributed by atoms with Crippen LogP contribution in [0.1, 0.15) is 31.4 Å². The largest absolute Gasteiger partial charge is 0.381 e. The van der Waals surface area contributed by atoms with Gasteiger partial charge in [-0.15, -0.1) is 0 Å². The van der Waals surface area contributed by atoms with Crippen molar-refractivity contribution in [3.63, 3.8) is 0 Å². The molecule has 0 spiro atoms. The fourth-order valence-corrected chi connectivity index (χ4v) is 2.88. The Morgan fingerprint density at radius 1 is 1.37 bits per heavy atom. The topological polar surface area (TPSA) is 39.1 Å². The summed E-state index contributed by atoms with van der Waals surface area (Å²) in [4.78, 5) is 2.41. The Bertz CT molecular complexity index is 489. The number of piperidine rings is 1. The standard InChI is InChI=1S/C16H23N3/c1-11-6-5-7-15(14(11)9-17)18-16-8-13(3)19(4)10-12(16)2/h5-7,12-13,16,18H,8,10H2,1-4H3. The van der Waals surface area contributed by atoms with Gasteiger partial charge in [-0.05, 0) is 44.9 Å². The van der Waals surface area contributed by atoms with Crippen molar-refractivity contribution in [2.24, 2.45) is 5.92 Å². The summed E-state index contributed by atoms with van der Waals surface area (Å²) in [5.74, 6) is 0.591. The molecule has 3 atom stereocenters. The fourth-order valence-electron chi connectivity index (χ4n) is 2.88. The predicted molar refractivity (Wildman–Crippen MR) is 79.2 cm³/mol. The number of likely N-dealkylation sites (tertiary alicyclic amines) is 1. The van der Waals surface area contributed by atoms with E-state index >= 15 is 0 Å². The molecule has 1 aliphatic heterocycles. The van der Waals surface area contributed by atoms with Crippen LogP contribution in [0.2, 0.25) is 0 Å². The third-order valence-electron chi connectivity index (χ3n) is 4.34. The van der Waals surface area contributed by atoms with E-state index in [0.717, 1.165) is 29.8 Å². The molecule has 0 aromatic heterocycles. The first-order valence-electron chi connectivity index (χ1n) is 6.99. The Labute approximate surface area is 116 Å². The molecule has 1 aromatic rings. The molecule has 0 saturated carbocycles. The molecule has 102 valence electrons. The van der Waals surface area contributed by atoms with Gasteiger partial charge in [-0.3, -0.25) is 0 Å². The van der Waals surface area contributed by atoms with Crippen molar-refractivity contribution in [2.75, 3.05) is 18.9 Å². The van der Waals surface area contributed by atoms with Gasteiger partial charge in [-0.25, -0.2) is 0 Å². The van der Waals surface area contributed by atoms with Crippen LogP contribution in [0.4, 0.5) is 5.69 Å². The lowest BCUT2D eigenvalue weighted by Crippen LogP contribution is -2.48. The molecule has 0 aliphatic carbocycles. The molecule has 1 aromatic carbocycles. The zero-order chi connectivity index (χ0) is 14.0. The van der Waals surface area contributed by atoms with Crippen molar-refractivity contribution >= 4 is 5.69 Å². The summed E-state index contributed by atoms with van der Waals surface area (Å²) >= 11 is 0. The zero-order valence-corrected chi connectivity index (χ0v) is 12.3. The van der Waals surface area contributed by atoms with Gasteiger partial charge in [0, 0.05) is 18.6 Å². The molecule has 0 amide bonds. The van der Waals surface area contributed by atoms with Crippen molar-refractivity contribution in [1.29, 1.82) is 5.26 Å². The third-order valence-corrected chi connectivity index (χ3v) is 4.34. The van der Waals surface area contributed by atoms with Gasteiger partial charge in [0.2, 0.25) is 0 Å². The average molecular weight is 257 g/mol. The molecule has 1 aliphatic rings. The van der Waals surface area contributed by atoms with E-state index in [1.807, 2.05) is 25.1 Å². The highest BCUT2D eigenvalue weighted by Gasteiger charge is 2.29. The van der Waals surface area contributed by atoms with Crippen LogP contribution in [0.15, 0.2) is 18.2 Å². The van der Waals surface area contributed by atoms with Gasteiger partial charge in [0.15, 0.2) is 0 Å². The molecular weight excluding hydrogens is 234 g/mol. The molecule has 3 unspecified atom stereocenters. The van der Waals surface area contributed by atoms with Crippen LogP contribution >= 0.6 is 0 Å². The Morgan fingerprint density at radius 3 is 2.79 bits per heavy atom. The van der Waals surface area contributed by atoms with Gasteiger partial charge in [-0.2, -0.15) is 5.26 Å². The van der Waals surface area contributed by atoms with Crippen molar-refractivity contribution in [3.05, 3.63) is 29.3 Å². The monoisotopic (exact) mass is 257 g/mol. The van der Waals surface area contributed by atoms with Crippen LogP contribution in [-0.4, -0.2) is 30.6 Å². The van der Waals surface area contributed by atoms with Gasteiger partial charge in [-0.1, -0.05) is 19.1 Å². The minimum atomic E-state index is 0.445. The second kappa shape index (κ2) is 5.63. The summed E-state index contributed by atoms with van der Waals surface area (Å²) in [5.41, 5.74) is 2.80. The van der Waals surface area contributed by atoms with E-state index < -0.39 is 0 Å². The number of nitrogens with zero attached hydrogens (tertiary/aromatic N) is 2. The highest BCUT2D eigenvalue weighted by molar-refractivity contribution is 5.61. The van der Waals surface area contributed by atoms with Crippen LogP contribution in [-0.2, 0) is 0 Å². The normalized spacial score (nSPS) is 27.8. The molecular formula is C16H23N3. The molecule has 0 bridgehead atoms. The second-order valence-corrected chi connectivity index (χ2v) is 5.86. The van der Waals surface area contributed by atoms with Crippen molar-refractivity contribution in [3.8, 4) is 6.07 Å². The van der Waals surface area contributed by atoms with Gasteiger partial charge in [0.25, 0.3) is 0 Å². The highest BCUT2D eigenvalue weighted by Crippen LogP contribution is 2.26. The smallest absolute Gasteiger partial charge is 0.102 e. The molecule has 3 heteroatoms. The molecule has 3 nitrogen and oxygen atoms in total. The Kier molecular flexibility index (Phi) is 4.11. The summed E-state index contributed by atoms with van der Waals surface area (Å²) in [6.45, 7) is 7.64. The Morgan fingerprint density at radius 2 is 2.11 bits per heavy atom. The minimum Gasteiger partial charge on any atom is -0.381 e. The van der Waals surface area contributed by atoms with Crippen LogP contribution in [0, 0.1) is 24.2 Å². The first kappa shape index (κ1) is 13.9. The van der Waals surface area contributed by atoms with Crippen LogP contribution in [0.5, 0.6) is 0 Å². The maximum absolute atomic E-state index is 9.29. The van der Waals surface area contributed by atoms with Crippen molar-refractivity contribution < 1.29 is 0 Å². The SMILES string of the molecule is Cc1cccc(NC2CC(C)N(C)CC2C)c1C#N. The van der Waals surface area contributed by atoms with E-state index in [9.17, 15) is 5.26 Å². The van der Waals surface area contributed by atoms with Crippen LogP contribution < -0.4 is 5.32 Å². The zero-order valence-electron chi connectivity index (χ0n) is 12.3. The van der Waals surface area contributed by atoms with E-state index in [2.05, 4.69) is 37.2 Å². The maximum Gasteiger partial charge on any atom is 0.102 e.